The summed E-state index contributed by atoms with van der Waals surface area (Å²) in [7, 11) is 0. The topological polar surface area (TPSA) is 26.0 Å². The Balaban J connectivity index is 1.79. The van der Waals surface area contributed by atoms with E-state index in [0.29, 0.717) is 0 Å². The molecule has 1 aromatic heterocycles. The van der Waals surface area contributed by atoms with E-state index in [1.807, 2.05) is 23.2 Å². The Morgan fingerprint density at radius 3 is 2.81 bits per heavy atom. The van der Waals surface area contributed by atoms with Gasteiger partial charge in [-0.15, -0.1) is 11.3 Å². The summed E-state index contributed by atoms with van der Waals surface area (Å²) in [5, 5.41) is 3.68. The molecular formula is C12H18ClNS2. The third kappa shape index (κ3) is 3.39. The van der Waals surface area contributed by atoms with Gasteiger partial charge in [0, 0.05) is 21.9 Å². The van der Waals surface area contributed by atoms with Crippen LogP contribution >= 0.6 is 34.7 Å². The summed E-state index contributed by atoms with van der Waals surface area (Å²) in [6, 6.07) is 2.05. The molecule has 1 aromatic rings. The second kappa shape index (κ2) is 6.29. The molecule has 1 unspecified atom stereocenters. The maximum atomic E-state index is 6.16. The van der Waals surface area contributed by atoms with Crippen LogP contribution in [-0.2, 0) is 0 Å². The van der Waals surface area contributed by atoms with Crippen molar-refractivity contribution in [3.8, 4) is 0 Å². The fraction of sp³-hybridized carbons (Fsp3) is 0.667. The van der Waals surface area contributed by atoms with E-state index in [1.165, 1.54) is 32.1 Å². The fourth-order valence-corrected chi connectivity index (χ4v) is 4.74. The van der Waals surface area contributed by atoms with Gasteiger partial charge in [-0.3, -0.25) is 0 Å². The molecule has 1 heterocycles. The molecule has 4 heteroatoms. The third-order valence-electron chi connectivity index (χ3n) is 3.05. The van der Waals surface area contributed by atoms with E-state index >= 15 is 0 Å². The van der Waals surface area contributed by atoms with Crippen LogP contribution in [0.15, 0.2) is 11.4 Å². The Labute approximate surface area is 111 Å². The monoisotopic (exact) mass is 275 g/mol. The van der Waals surface area contributed by atoms with E-state index in [9.17, 15) is 0 Å². The molecule has 1 atom stereocenters. The lowest BCUT2D eigenvalue weighted by Crippen LogP contribution is -2.16. The SMILES string of the molecule is NC(CSC1CCCCC1)c1sccc1Cl. The Hall–Kier alpha value is 0.300. The molecule has 0 bridgehead atoms. The van der Waals surface area contributed by atoms with Crippen LogP contribution in [0.4, 0.5) is 0 Å². The molecule has 2 rings (SSSR count). The zero-order valence-electron chi connectivity index (χ0n) is 9.32. The van der Waals surface area contributed by atoms with Gasteiger partial charge in [-0.25, -0.2) is 0 Å². The highest BCUT2D eigenvalue weighted by molar-refractivity contribution is 7.99. The van der Waals surface area contributed by atoms with Gasteiger partial charge >= 0.3 is 0 Å². The summed E-state index contributed by atoms with van der Waals surface area (Å²) in [5.41, 5.74) is 6.16. The molecule has 2 N–H and O–H groups in total. The minimum Gasteiger partial charge on any atom is -0.323 e. The Morgan fingerprint density at radius 1 is 1.44 bits per heavy atom. The number of thiophene rings is 1. The molecule has 0 amide bonds. The molecule has 1 fully saturated rings. The minimum atomic E-state index is 0.111. The van der Waals surface area contributed by atoms with E-state index < -0.39 is 0 Å². The van der Waals surface area contributed by atoms with Crippen LogP contribution in [0.25, 0.3) is 0 Å². The molecule has 90 valence electrons. The first-order chi connectivity index (χ1) is 7.77. The van der Waals surface area contributed by atoms with Gasteiger partial charge in [-0.2, -0.15) is 11.8 Å². The van der Waals surface area contributed by atoms with Gasteiger partial charge in [0.15, 0.2) is 0 Å². The first-order valence-electron chi connectivity index (χ1n) is 5.87. The predicted molar refractivity (Wildman–Crippen MR) is 75.6 cm³/mol. The molecule has 1 aliphatic carbocycles. The maximum absolute atomic E-state index is 6.16. The van der Waals surface area contributed by atoms with E-state index in [1.54, 1.807) is 11.3 Å². The maximum Gasteiger partial charge on any atom is 0.0561 e. The highest BCUT2D eigenvalue weighted by atomic mass is 35.5. The number of halogens is 1. The number of nitrogens with two attached hydrogens (primary N) is 1. The molecule has 0 saturated heterocycles. The number of rotatable bonds is 4. The van der Waals surface area contributed by atoms with Gasteiger partial charge in [0.1, 0.15) is 0 Å². The van der Waals surface area contributed by atoms with Crippen molar-refractivity contribution in [2.45, 2.75) is 43.4 Å². The first-order valence-corrected chi connectivity index (χ1v) is 8.18. The van der Waals surface area contributed by atoms with Crippen molar-refractivity contribution in [1.29, 1.82) is 0 Å². The van der Waals surface area contributed by atoms with Crippen molar-refractivity contribution in [3.63, 3.8) is 0 Å². The van der Waals surface area contributed by atoms with Gasteiger partial charge in [0.2, 0.25) is 0 Å². The van der Waals surface area contributed by atoms with Crippen LogP contribution in [0.2, 0.25) is 5.02 Å². The van der Waals surface area contributed by atoms with Crippen molar-refractivity contribution in [2.75, 3.05) is 5.75 Å². The Morgan fingerprint density at radius 2 is 2.19 bits per heavy atom. The van der Waals surface area contributed by atoms with Crippen LogP contribution in [-0.4, -0.2) is 11.0 Å². The smallest absolute Gasteiger partial charge is 0.0561 e. The Bertz CT molecular complexity index is 321. The van der Waals surface area contributed by atoms with E-state index in [-0.39, 0.29) is 6.04 Å². The van der Waals surface area contributed by atoms with Crippen LogP contribution in [0.1, 0.15) is 43.0 Å². The fourth-order valence-electron chi connectivity index (χ4n) is 2.12. The standard InChI is InChI=1S/C12H18ClNS2/c13-10-6-7-15-12(10)11(14)8-16-9-4-2-1-3-5-9/h6-7,9,11H,1-5,8,14H2. The summed E-state index contributed by atoms with van der Waals surface area (Å²) < 4.78 is 0. The van der Waals surface area contributed by atoms with Crippen molar-refractivity contribution >= 4 is 34.7 Å². The van der Waals surface area contributed by atoms with Crippen LogP contribution in [0, 0.1) is 0 Å². The molecular weight excluding hydrogens is 258 g/mol. The second-order valence-electron chi connectivity index (χ2n) is 4.33. The van der Waals surface area contributed by atoms with E-state index in [2.05, 4.69) is 0 Å². The second-order valence-corrected chi connectivity index (χ2v) is 7.02. The molecule has 0 aromatic carbocycles. The largest absolute Gasteiger partial charge is 0.323 e. The van der Waals surface area contributed by atoms with Crippen molar-refractivity contribution in [3.05, 3.63) is 21.3 Å². The predicted octanol–water partition coefficient (Wildman–Crippen LogP) is 4.47. The molecule has 1 saturated carbocycles. The van der Waals surface area contributed by atoms with Gasteiger partial charge in [-0.1, -0.05) is 30.9 Å². The van der Waals surface area contributed by atoms with E-state index in [4.69, 9.17) is 17.3 Å². The lowest BCUT2D eigenvalue weighted by molar-refractivity contribution is 0.515. The van der Waals surface area contributed by atoms with Crippen LogP contribution in [0.3, 0.4) is 0 Å². The van der Waals surface area contributed by atoms with Gasteiger partial charge < -0.3 is 5.73 Å². The molecule has 0 aliphatic heterocycles. The van der Waals surface area contributed by atoms with Crippen LogP contribution in [0.5, 0.6) is 0 Å². The normalized spacial score (nSPS) is 19.9. The number of thioether (sulfide) groups is 1. The zero-order valence-corrected chi connectivity index (χ0v) is 11.7. The molecule has 16 heavy (non-hydrogen) atoms. The molecule has 0 spiro atoms. The van der Waals surface area contributed by atoms with Crippen molar-refractivity contribution < 1.29 is 0 Å². The first kappa shape index (κ1) is 12.7. The van der Waals surface area contributed by atoms with Crippen molar-refractivity contribution in [2.24, 2.45) is 5.73 Å². The highest BCUT2D eigenvalue weighted by Crippen LogP contribution is 2.33. The highest BCUT2D eigenvalue weighted by Gasteiger charge is 2.17. The average Bonchev–Trinajstić information content (AvgIpc) is 2.74. The van der Waals surface area contributed by atoms with E-state index in [0.717, 1.165) is 20.9 Å². The summed E-state index contributed by atoms with van der Waals surface area (Å²) in [6.45, 7) is 0. The average molecular weight is 276 g/mol. The lowest BCUT2D eigenvalue weighted by atomic mass is 10.0. The number of hydrogen-bond donors (Lipinski definition) is 1. The molecule has 0 radical (unpaired) electrons. The molecule has 1 nitrogen and oxygen atoms in total. The van der Waals surface area contributed by atoms with Gasteiger partial charge in [0.05, 0.1) is 5.02 Å². The summed E-state index contributed by atoms with van der Waals surface area (Å²) in [6.07, 6.45) is 6.95. The van der Waals surface area contributed by atoms with Gasteiger partial charge in [0.25, 0.3) is 0 Å². The summed E-state index contributed by atoms with van der Waals surface area (Å²) in [4.78, 5) is 1.14. The Kier molecular flexibility index (Phi) is 5.01. The zero-order chi connectivity index (χ0) is 11.4. The van der Waals surface area contributed by atoms with Crippen LogP contribution < -0.4 is 5.73 Å². The minimum absolute atomic E-state index is 0.111. The third-order valence-corrected chi connectivity index (χ3v) is 6.03. The summed E-state index contributed by atoms with van der Waals surface area (Å²) in [5.74, 6) is 1.00. The van der Waals surface area contributed by atoms with Gasteiger partial charge in [-0.05, 0) is 24.3 Å². The summed E-state index contributed by atoms with van der Waals surface area (Å²) >= 11 is 9.79. The lowest BCUT2D eigenvalue weighted by Gasteiger charge is -2.22. The van der Waals surface area contributed by atoms with Crippen molar-refractivity contribution in [1.82, 2.24) is 0 Å². The quantitative estimate of drug-likeness (QED) is 0.878. The number of hydrogen-bond acceptors (Lipinski definition) is 3. The molecule has 1 aliphatic rings.